The van der Waals surface area contributed by atoms with Gasteiger partial charge < -0.3 is 29.2 Å². The van der Waals surface area contributed by atoms with Gasteiger partial charge in [0.25, 0.3) is 0 Å². The Morgan fingerprint density at radius 1 is 0.914 bits per heavy atom. The summed E-state index contributed by atoms with van der Waals surface area (Å²) >= 11 is 0. The molecule has 2 aromatic rings. The Balaban J connectivity index is 1.44. The van der Waals surface area contributed by atoms with Crippen molar-refractivity contribution < 1.29 is 43.6 Å². The number of esters is 1. The highest BCUT2D eigenvalue weighted by Gasteiger charge is 2.77. The molecular formula is C25H27NO9. The van der Waals surface area contributed by atoms with E-state index in [2.05, 4.69) is 0 Å². The molecule has 1 saturated carbocycles. The van der Waals surface area contributed by atoms with Gasteiger partial charge in [0, 0.05) is 0 Å². The molecule has 10 heteroatoms. The number of hydrogen-bond donors (Lipinski definition) is 2. The molecule has 0 spiro atoms. The zero-order chi connectivity index (χ0) is 24.8. The van der Waals surface area contributed by atoms with Gasteiger partial charge in [-0.1, -0.05) is 60.7 Å². The molecule has 35 heavy (non-hydrogen) atoms. The third-order valence-corrected chi connectivity index (χ3v) is 6.40. The third kappa shape index (κ3) is 4.07. The van der Waals surface area contributed by atoms with Crippen LogP contribution in [0, 0.1) is 0 Å². The standard InChI is InChI=1S/C25H27NO9/c1-24(2)33-21-19-17(27)18(28)20(26(34-19)23(30)32-14-16-11-7-4-8-12-16)25(21,35-24)22(29)31-13-15-9-5-3-6-10-15/h3-12,17-21,27-28H,13-14H2,1-2H3/t17-,18+,19+,20-,21-,25+/m1/s1. The summed E-state index contributed by atoms with van der Waals surface area (Å²) in [6.45, 7) is 3.06. The molecule has 3 aliphatic heterocycles. The molecule has 0 radical (unpaired) electrons. The van der Waals surface area contributed by atoms with E-state index in [1.807, 2.05) is 24.3 Å². The summed E-state index contributed by atoms with van der Waals surface area (Å²) < 4.78 is 23.0. The van der Waals surface area contributed by atoms with Crippen molar-refractivity contribution in [1.82, 2.24) is 5.06 Å². The van der Waals surface area contributed by atoms with Crippen molar-refractivity contribution in [1.29, 1.82) is 0 Å². The number of ether oxygens (including phenoxy) is 4. The lowest BCUT2D eigenvalue weighted by atomic mass is 9.71. The summed E-state index contributed by atoms with van der Waals surface area (Å²) in [5.74, 6) is -2.13. The minimum atomic E-state index is -1.95. The molecule has 6 rings (SSSR count). The lowest BCUT2D eigenvalue weighted by Gasteiger charge is -2.56. The second-order valence-corrected chi connectivity index (χ2v) is 9.26. The molecule has 3 heterocycles. The lowest BCUT2D eigenvalue weighted by molar-refractivity contribution is -0.364. The quantitative estimate of drug-likeness (QED) is 0.609. The van der Waals surface area contributed by atoms with Crippen molar-refractivity contribution >= 4 is 12.1 Å². The molecule has 6 atom stereocenters. The zero-order valence-electron chi connectivity index (χ0n) is 19.3. The fourth-order valence-electron chi connectivity index (χ4n) is 4.92. The summed E-state index contributed by atoms with van der Waals surface area (Å²) in [4.78, 5) is 32.3. The predicted molar refractivity (Wildman–Crippen MR) is 118 cm³/mol. The smallest absolute Gasteiger partial charge is 0.434 e. The molecule has 186 valence electrons. The number of hydrogen-bond acceptors (Lipinski definition) is 9. The third-order valence-electron chi connectivity index (χ3n) is 6.40. The maximum Gasteiger partial charge on any atom is 0.434 e. The minimum absolute atomic E-state index is 0.0622. The van der Waals surface area contributed by atoms with Crippen LogP contribution >= 0.6 is 0 Å². The van der Waals surface area contributed by atoms with Crippen LogP contribution in [-0.4, -0.2) is 69.2 Å². The summed E-state index contributed by atoms with van der Waals surface area (Å²) in [6, 6.07) is 16.6. The van der Waals surface area contributed by atoms with Crippen LogP contribution in [0.5, 0.6) is 0 Å². The summed E-state index contributed by atoms with van der Waals surface area (Å²) in [7, 11) is 0. The van der Waals surface area contributed by atoms with Crippen LogP contribution in [0.1, 0.15) is 25.0 Å². The van der Waals surface area contributed by atoms with Crippen molar-refractivity contribution in [2.75, 3.05) is 0 Å². The molecule has 3 saturated heterocycles. The number of aliphatic hydroxyl groups excluding tert-OH is 2. The number of nitrogens with zero attached hydrogens (tertiary/aromatic N) is 1. The number of hydroxylamine groups is 2. The molecule has 4 fully saturated rings. The van der Waals surface area contributed by atoms with E-state index in [4.69, 9.17) is 23.8 Å². The van der Waals surface area contributed by atoms with Crippen molar-refractivity contribution in [2.45, 2.75) is 68.9 Å². The number of rotatable bonds is 5. The Morgan fingerprint density at radius 3 is 2.09 bits per heavy atom. The largest absolute Gasteiger partial charge is 0.459 e. The molecule has 2 aromatic carbocycles. The van der Waals surface area contributed by atoms with Gasteiger partial charge in [0.05, 0.1) is 0 Å². The van der Waals surface area contributed by atoms with E-state index in [9.17, 15) is 19.8 Å². The number of aliphatic hydroxyl groups is 2. The molecule has 2 N–H and O–H groups in total. The molecule has 4 aliphatic rings. The topological polar surface area (TPSA) is 124 Å². The summed E-state index contributed by atoms with van der Waals surface area (Å²) in [6.07, 6.45) is -6.39. The summed E-state index contributed by atoms with van der Waals surface area (Å²) in [5.41, 5.74) is -0.477. The highest BCUT2D eigenvalue weighted by molar-refractivity contribution is 5.84. The van der Waals surface area contributed by atoms with Crippen molar-refractivity contribution in [3.63, 3.8) is 0 Å². The van der Waals surface area contributed by atoms with Crippen LogP contribution in [0.3, 0.4) is 0 Å². The van der Waals surface area contributed by atoms with Gasteiger partial charge in [-0.3, -0.25) is 4.84 Å². The van der Waals surface area contributed by atoms with Crippen LogP contribution in [0.25, 0.3) is 0 Å². The van der Waals surface area contributed by atoms with E-state index in [0.717, 1.165) is 16.2 Å². The maximum absolute atomic E-state index is 13.6. The van der Waals surface area contributed by atoms with E-state index < -0.39 is 53.9 Å². The first-order valence-electron chi connectivity index (χ1n) is 11.3. The normalized spacial score (nSPS) is 32.7. The maximum atomic E-state index is 13.6. The minimum Gasteiger partial charge on any atom is -0.459 e. The van der Waals surface area contributed by atoms with Gasteiger partial charge in [0.1, 0.15) is 43.7 Å². The Labute approximate surface area is 201 Å². The lowest BCUT2D eigenvalue weighted by Crippen LogP contribution is -2.82. The molecule has 0 unspecified atom stereocenters. The fraction of sp³-hybridized carbons (Fsp3) is 0.440. The highest BCUT2D eigenvalue weighted by Crippen LogP contribution is 2.52. The van der Waals surface area contributed by atoms with Gasteiger partial charge >= 0.3 is 12.1 Å². The van der Waals surface area contributed by atoms with Gasteiger partial charge in [-0.25, -0.2) is 9.59 Å². The van der Waals surface area contributed by atoms with E-state index in [0.29, 0.717) is 0 Å². The Bertz CT molecular complexity index is 1080. The van der Waals surface area contributed by atoms with Crippen molar-refractivity contribution in [3.8, 4) is 0 Å². The number of amides is 1. The van der Waals surface area contributed by atoms with Crippen LogP contribution < -0.4 is 0 Å². The van der Waals surface area contributed by atoms with Gasteiger partial charge in [-0.15, -0.1) is 0 Å². The number of fused-ring (bicyclic) bond motifs is 2. The van der Waals surface area contributed by atoms with Gasteiger partial charge in [-0.2, -0.15) is 5.06 Å². The van der Waals surface area contributed by atoms with Gasteiger partial charge in [0.15, 0.2) is 5.79 Å². The first-order chi connectivity index (χ1) is 16.7. The predicted octanol–water partition coefficient (Wildman–Crippen LogP) is 1.68. The van der Waals surface area contributed by atoms with Gasteiger partial charge in [0.2, 0.25) is 5.60 Å². The fourth-order valence-corrected chi connectivity index (χ4v) is 4.92. The first kappa shape index (κ1) is 23.7. The molecule has 2 bridgehead atoms. The number of carbonyl (C=O) groups is 2. The van der Waals surface area contributed by atoms with E-state index in [1.165, 1.54) is 0 Å². The monoisotopic (exact) mass is 485 g/mol. The van der Waals surface area contributed by atoms with E-state index in [1.54, 1.807) is 50.2 Å². The van der Waals surface area contributed by atoms with Crippen molar-refractivity contribution in [2.24, 2.45) is 0 Å². The number of carbonyl (C=O) groups excluding carboxylic acids is 2. The molecule has 1 amide bonds. The molecule has 0 aromatic heterocycles. The molecule has 10 nitrogen and oxygen atoms in total. The van der Waals surface area contributed by atoms with E-state index in [-0.39, 0.29) is 13.2 Å². The highest BCUT2D eigenvalue weighted by atomic mass is 16.8. The second kappa shape index (κ2) is 8.89. The Morgan fingerprint density at radius 2 is 1.49 bits per heavy atom. The van der Waals surface area contributed by atoms with E-state index >= 15 is 0 Å². The average Bonchev–Trinajstić information content (AvgIpc) is 3.17. The second-order valence-electron chi connectivity index (χ2n) is 9.26. The molecular weight excluding hydrogens is 458 g/mol. The zero-order valence-corrected chi connectivity index (χ0v) is 19.3. The Hall–Kier alpha value is -3.02. The Kier molecular flexibility index (Phi) is 6.02. The average molecular weight is 485 g/mol. The van der Waals surface area contributed by atoms with Gasteiger partial charge in [-0.05, 0) is 25.0 Å². The molecule has 1 aliphatic carbocycles. The first-order valence-corrected chi connectivity index (χ1v) is 11.3. The number of benzene rings is 2. The summed E-state index contributed by atoms with van der Waals surface area (Å²) in [5, 5.41) is 22.4. The van der Waals surface area contributed by atoms with Crippen LogP contribution in [-0.2, 0) is 41.8 Å². The van der Waals surface area contributed by atoms with Crippen LogP contribution in [0.4, 0.5) is 4.79 Å². The van der Waals surface area contributed by atoms with Crippen LogP contribution in [0.15, 0.2) is 60.7 Å². The SMILES string of the molecule is CC1(C)O[C@@H]2[C@H]3ON(C(=O)OCc4ccccc4)[C@H]([C@@H](O)[C@H]3O)[C@]2(C(=O)OCc2ccccc2)O1. The van der Waals surface area contributed by atoms with Crippen molar-refractivity contribution in [3.05, 3.63) is 71.8 Å². The van der Waals surface area contributed by atoms with Crippen LogP contribution in [0.2, 0.25) is 0 Å².